The van der Waals surface area contributed by atoms with Crippen molar-refractivity contribution in [3.8, 4) is 0 Å². The molecular formula is C16H24BrNO. The van der Waals surface area contributed by atoms with Gasteiger partial charge in [0, 0.05) is 23.2 Å². The molecule has 0 saturated carbocycles. The molecule has 1 aliphatic heterocycles. The molecule has 2 rings (SSSR count). The third-order valence-electron chi connectivity index (χ3n) is 4.21. The number of hydrogen-bond acceptors (Lipinski definition) is 2. The first-order chi connectivity index (χ1) is 8.79. The van der Waals surface area contributed by atoms with Gasteiger partial charge in [0.05, 0.1) is 6.10 Å². The number of benzene rings is 1. The minimum Gasteiger partial charge on any atom is -0.389 e. The van der Waals surface area contributed by atoms with Crippen molar-refractivity contribution in [1.82, 2.24) is 0 Å². The number of aliphatic hydroxyl groups is 1. The standard InChI is InChI=1S/C16H24BrNO/c1-11(19)14-6-5-13(9-15(14)17)18-8-7-12(10-18)16(2,3)4/h5-6,9,11-12,19H,7-8,10H2,1-4H3/t11-,12?/m0/s1. The molecule has 0 aromatic heterocycles. The number of anilines is 1. The molecule has 106 valence electrons. The van der Waals surface area contributed by atoms with Gasteiger partial charge < -0.3 is 10.0 Å². The van der Waals surface area contributed by atoms with Crippen molar-refractivity contribution in [3.63, 3.8) is 0 Å². The van der Waals surface area contributed by atoms with E-state index in [-0.39, 0.29) is 0 Å². The first-order valence-electron chi connectivity index (χ1n) is 7.01. The number of hydrogen-bond donors (Lipinski definition) is 1. The van der Waals surface area contributed by atoms with E-state index in [4.69, 9.17) is 0 Å². The minimum absolute atomic E-state index is 0.380. The quantitative estimate of drug-likeness (QED) is 0.872. The summed E-state index contributed by atoms with van der Waals surface area (Å²) in [6, 6.07) is 6.28. The van der Waals surface area contributed by atoms with Gasteiger partial charge in [-0.3, -0.25) is 0 Å². The first-order valence-corrected chi connectivity index (χ1v) is 7.81. The SMILES string of the molecule is C[C@H](O)c1ccc(N2CCC(C(C)(C)C)C2)cc1Br. The van der Waals surface area contributed by atoms with Crippen LogP contribution in [0.2, 0.25) is 0 Å². The van der Waals surface area contributed by atoms with Crippen LogP contribution in [0.3, 0.4) is 0 Å². The summed E-state index contributed by atoms with van der Waals surface area (Å²) in [7, 11) is 0. The maximum absolute atomic E-state index is 9.67. The van der Waals surface area contributed by atoms with Gasteiger partial charge in [-0.2, -0.15) is 0 Å². The van der Waals surface area contributed by atoms with Crippen LogP contribution in [-0.2, 0) is 0 Å². The lowest BCUT2D eigenvalue weighted by Gasteiger charge is -2.27. The van der Waals surface area contributed by atoms with E-state index < -0.39 is 6.10 Å². The van der Waals surface area contributed by atoms with Crippen molar-refractivity contribution < 1.29 is 5.11 Å². The number of aliphatic hydroxyl groups excluding tert-OH is 1. The summed E-state index contributed by atoms with van der Waals surface area (Å²) < 4.78 is 0.999. The van der Waals surface area contributed by atoms with Crippen LogP contribution < -0.4 is 4.90 Å². The van der Waals surface area contributed by atoms with Crippen LogP contribution in [0.5, 0.6) is 0 Å². The van der Waals surface area contributed by atoms with E-state index in [2.05, 4.69) is 53.7 Å². The summed E-state index contributed by atoms with van der Waals surface area (Å²) in [6.45, 7) is 11.0. The molecule has 1 saturated heterocycles. The van der Waals surface area contributed by atoms with Gasteiger partial charge in [-0.25, -0.2) is 0 Å². The van der Waals surface area contributed by atoms with Crippen molar-refractivity contribution in [2.24, 2.45) is 11.3 Å². The zero-order valence-corrected chi connectivity index (χ0v) is 13.9. The van der Waals surface area contributed by atoms with Crippen LogP contribution in [-0.4, -0.2) is 18.2 Å². The first kappa shape index (κ1) is 14.9. The van der Waals surface area contributed by atoms with Gasteiger partial charge in [-0.15, -0.1) is 0 Å². The molecule has 0 bridgehead atoms. The maximum atomic E-state index is 9.67. The van der Waals surface area contributed by atoms with Crippen LogP contribution in [0.4, 0.5) is 5.69 Å². The molecule has 2 nitrogen and oxygen atoms in total. The Morgan fingerprint density at radius 1 is 1.37 bits per heavy atom. The molecule has 0 aliphatic carbocycles. The van der Waals surface area contributed by atoms with Crippen LogP contribution in [0.25, 0.3) is 0 Å². The summed E-state index contributed by atoms with van der Waals surface area (Å²) in [5, 5.41) is 9.67. The predicted octanol–water partition coefficient (Wildman–Crippen LogP) is 4.37. The number of rotatable bonds is 2. The van der Waals surface area contributed by atoms with Gasteiger partial charge >= 0.3 is 0 Å². The molecule has 3 heteroatoms. The lowest BCUT2D eigenvalue weighted by Crippen LogP contribution is -2.25. The molecule has 1 fully saturated rings. The zero-order valence-electron chi connectivity index (χ0n) is 12.3. The molecule has 1 aromatic carbocycles. The Kier molecular flexibility index (Phi) is 4.26. The topological polar surface area (TPSA) is 23.5 Å². The highest BCUT2D eigenvalue weighted by Crippen LogP contribution is 2.37. The Hall–Kier alpha value is -0.540. The molecule has 19 heavy (non-hydrogen) atoms. The van der Waals surface area contributed by atoms with Crippen molar-refractivity contribution in [3.05, 3.63) is 28.2 Å². The number of halogens is 1. The maximum Gasteiger partial charge on any atom is 0.0772 e. The fourth-order valence-corrected chi connectivity index (χ4v) is 3.45. The summed E-state index contributed by atoms with van der Waals surface area (Å²) in [5.74, 6) is 0.753. The van der Waals surface area contributed by atoms with Crippen LogP contribution >= 0.6 is 15.9 Å². The van der Waals surface area contributed by atoms with Crippen LogP contribution in [0, 0.1) is 11.3 Å². The lowest BCUT2D eigenvalue weighted by atomic mass is 9.80. The fraction of sp³-hybridized carbons (Fsp3) is 0.625. The summed E-state index contributed by atoms with van der Waals surface area (Å²) in [5.41, 5.74) is 2.59. The van der Waals surface area contributed by atoms with Gasteiger partial charge in [0.1, 0.15) is 0 Å². The Morgan fingerprint density at radius 3 is 2.53 bits per heavy atom. The van der Waals surface area contributed by atoms with E-state index >= 15 is 0 Å². The van der Waals surface area contributed by atoms with Crippen LogP contribution in [0.15, 0.2) is 22.7 Å². The van der Waals surface area contributed by atoms with Crippen LogP contribution in [0.1, 0.15) is 45.8 Å². The van der Waals surface area contributed by atoms with E-state index in [1.807, 2.05) is 6.07 Å². The molecule has 0 amide bonds. The highest BCUT2D eigenvalue weighted by atomic mass is 79.9. The largest absolute Gasteiger partial charge is 0.389 e. The van der Waals surface area contributed by atoms with E-state index in [0.717, 1.165) is 29.0 Å². The Bertz CT molecular complexity index is 451. The van der Waals surface area contributed by atoms with E-state index in [1.54, 1.807) is 6.92 Å². The molecule has 1 heterocycles. The summed E-state index contributed by atoms with van der Waals surface area (Å²) in [4.78, 5) is 2.45. The molecule has 1 unspecified atom stereocenters. The monoisotopic (exact) mass is 325 g/mol. The second-order valence-corrected chi connectivity index (χ2v) is 7.53. The molecule has 1 aromatic rings. The zero-order chi connectivity index (χ0) is 14.2. The van der Waals surface area contributed by atoms with Crippen molar-refractivity contribution in [2.75, 3.05) is 18.0 Å². The average Bonchev–Trinajstić information content (AvgIpc) is 2.76. The highest BCUT2D eigenvalue weighted by molar-refractivity contribution is 9.10. The van der Waals surface area contributed by atoms with E-state index in [1.165, 1.54) is 12.1 Å². The van der Waals surface area contributed by atoms with Crippen molar-refractivity contribution in [2.45, 2.75) is 40.2 Å². The molecule has 2 atom stereocenters. The third kappa shape index (κ3) is 3.32. The van der Waals surface area contributed by atoms with Gasteiger partial charge in [0.2, 0.25) is 0 Å². The Balaban J connectivity index is 2.14. The normalized spacial score (nSPS) is 21.8. The van der Waals surface area contributed by atoms with Gasteiger partial charge in [0.15, 0.2) is 0 Å². The van der Waals surface area contributed by atoms with Gasteiger partial charge in [-0.05, 0) is 42.4 Å². The minimum atomic E-state index is -0.427. The predicted molar refractivity (Wildman–Crippen MR) is 84.6 cm³/mol. The third-order valence-corrected chi connectivity index (χ3v) is 4.90. The molecule has 1 aliphatic rings. The van der Waals surface area contributed by atoms with Crippen molar-refractivity contribution >= 4 is 21.6 Å². The second-order valence-electron chi connectivity index (χ2n) is 6.68. The molecule has 0 spiro atoms. The Morgan fingerprint density at radius 2 is 2.05 bits per heavy atom. The van der Waals surface area contributed by atoms with E-state index in [0.29, 0.717) is 5.41 Å². The second kappa shape index (κ2) is 5.45. The molecular weight excluding hydrogens is 302 g/mol. The molecule has 0 radical (unpaired) electrons. The molecule has 1 N–H and O–H groups in total. The Labute approximate surface area is 124 Å². The smallest absolute Gasteiger partial charge is 0.0772 e. The summed E-state index contributed by atoms with van der Waals surface area (Å²) in [6.07, 6.45) is 0.837. The van der Waals surface area contributed by atoms with Gasteiger partial charge in [-0.1, -0.05) is 42.8 Å². The van der Waals surface area contributed by atoms with Gasteiger partial charge in [0.25, 0.3) is 0 Å². The highest BCUT2D eigenvalue weighted by Gasteiger charge is 2.31. The van der Waals surface area contributed by atoms with Crippen molar-refractivity contribution in [1.29, 1.82) is 0 Å². The fourth-order valence-electron chi connectivity index (χ4n) is 2.75. The summed E-state index contributed by atoms with van der Waals surface area (Å²) >= 11 is 3.56. The lowest BCUT2D eigenvalue weighted by molar-refractivity contribution is 0.198. The van der Waals surface area contributed by atoms with E-state index in [9.17, 15) is 5.11 Å². The average molecular weight is 326 g/mol. The number of nitrogens with zero attached hydrogens (tertiary/aromatic N) is 1.